The molecule has 1 N–H and O–H groups in total. The number of nitrogens with zero attached hydrogens (tertiary/aromatic N) is 1. The second-order valence-electron chi connectivity index (χ2n) is 5.74. The zero-order chi connectivity index (χ0) is 11.5. The Balaban J connectivity index is 1.36. The van der Waals surface area contributed by atoms with Gasteiger partial charge in [0.05, 0.1) is 0 Å². The minimum Gasteiger partial charge on any atom is -0.316 e. The lowest BCUT2D eigenvalue weighted by Gasteiger charge is -2.21. The van der Waals surface area contributed by atoms with Gasteiger partial charge in [-0.3, -0.25) is 4.98 Å². The second-order valence-corrected chi connectivity index (χ2v) is 5.74. The fourth-order valence-electron chi connectivity index (χ4n) is 3.70. The SMILES string of the molecule is c1cc(CCNCC2CC3CCC2C3)ccn1. The molecule has 1 aromatic rings. The van der Waals surface area contributed by atoms with Crippen molar-refractivity contribution in [3.8, 4) is 0 Å². The van der Waals surface area contributed by atoms with Gasteiger partial charge in [-0.1, -0.05) is 6.42 Å². The van der Waals surface area contributed by atoms with Crippen molar-refractivity contribution in [1.82, 2.24) is 10.3 Å². The van der Waals surface area contributed by atoms with Crippen molar-refractivity contribution in [2.45, 2.75) is 32.1 Å². The molecule has 2 heteroatoms. The monoisotopic (exact) mass is 230 g/mol. The molecular formula is C15H22N2. The molecule has 0 radical (unpaired) electrons. The Morgan fingerprint density at radius 3 is 2.76 bits per heavy atom. The van der Waals surface area contributed by atoms with Crippen LogP contribution in [0.4, 0.5) is 0 Å². The van der Waals surface area contributed by atoms with E-state index in [0.717, 1.165) is 30.7 Å². The minimum atomic E-state index is 0.978. The number of pyridine rings is 1. The van der Waals surface area contributed by atoms with Crippen LogP contribution in [0.3, 0.4) is 0 Å². The van der Waals surface area contributed by atoms with Gasteiger partial charge >= 0.3 is 0 Å². The second kappa shape index (κ2) is 5.18. The van der Waals surface area contributed by atoms with Gasteiger partial charge in [-0.2, -0.15) is 0 Å². The van der Waals surface area contributed by atoms with E-state index >= 15 is 0 Å². The van der Waals surface area contributed by atoms with Gasteiger partial charge in [-0.25, -0.2) is 0 Å². The smallest absolute Gasteiger partial charge is 0.0270 e. The van der Waals surface area contributed by atoms with Crippen LogP contribution in [0.2, 0.25) is 0 Å². The van der Waals surface area contributed by atoms with E-state index in [9.17, 15) is 0 Å². The number of hydrogen-bond acceptors (Lipinski definition) is 2. The number of rotatable bonds is 5. The van der Waals surface area contributed by atoms with Gasteiger partial charge < -0.3 is 5.32 Å². The molecule has 2 aliphatic rings. The topological polar surface area (TPSA) is 24.9 Å². The Bertz CT molecular complexity index is 349. The number of hydrogen-bond donors (Lipinski definition) is 1. The average molecular weight is 230 g/mol. The molecule has 0 aromatic carbocycles. The summed E-state index contributed by atoms with van der Waals surface area (Å²) in [7, 11) is 0. The van der Waals surface area contributed by atoms with Crippen LogP contribution in [0.15, 0.2) is 24.5 Å². The van der Waals surface area contributed by atoms with Crippen LogP contribution in [0.25, 0.3) is 0 Å². The highest BCUT2D eigenvalue weighted by atomic mass is 14.9. The predicted octanol–water partition coefficient (Wildman–Crippen LogP) is 2.65. The maximum atomic E-state index is 4.04. The van der Waals surface area contributed by atoms with Crippen LogP contribution in [0.5, 0.6) is 0 Å². The molecule has 2 saturated carbocycles. The van der Waals surface area contributed by atoms with E-state index in [1.54, 1.807) is 0 Å². The summed E-state index contributed by atoms with van der Waals surface area (Å²) in [5.41, 5.74) is 1.39. The Hall–Kier alpha value is -0.890. The molecule has 3 atom stereocenters. The summed E-state index contributed by atoms with van der Waals surface area (Å²) in [5.74, 6) is 3.10. The molecule has 2 fully saturated rings. The van der Waals surface area contributed by atoms with Crippen LogP contribution in [-0.4, -0.2) is 18.1 Å². The van der Waals surface area contributed by atoms with Crippen molar-refractivity contribution < 1.29 is 0 Å². The first-order valence-electron chi connectivity index (χ1n) is 7.01. The Morgan fingerprint density at radius 1 is 1.18 bits per heavy atom. The lowest BCUT2D eigenvalue weighted by molar-refractivity contribution is 0.320. The van der Waals surface area contributed by atoms with Crippen molar-refractivity contribution in [1.29, 1.82) is 0 Å². The van der Waals surface area contributed by atoms with E-state index in [4.69, 9.17) is 0 Å². The van der Waals surface area contributed by atoms with Crippen molar-refractivity contribution in [2.75, 3.05) is 13.1 Å². The summed E-state index contributed by atoms with van der Waals surface area (Å²) in [6.45, 7) is 2.35. The van der Waals surface area contributed by atoms with Gasteiger partial charge in [0.15, 0.2) is 0 Å². The van der Waals surface area contributed by atoms with Gasteiger partial charge in [-0.05, 0) is 74.2 Å². The summed E-state index contributed by atoms with van der Waals surface area (Å²) in [4.78, 5) is 4.04. The third-order valence-corrected chi connectivity index (χ3v) is 4.63. The molecule has 1 heterocycles. The summed E-state index contributed by atoms with van der Waals surface area (Å²) in [5, 5.41) is 3.64. The molecule has 1 aromatic heterocycles. The number of fused-ring (bicyclic) bond motifs is 2. The highest BCUT2D eigenvalue weighted by molar-refractivity contribution is 5.09. The summed E-state index contributed by atoms with van der Waals surface area (Å²) in [6, 6.07) is 4.22. The molecule has 0 amide bonds. The van der Waals surface area contributed by atoms with Gasteiger partial charge in [-0.15, -0.1) is 0 Å². The first-order chi connectivity index (χ1) is 8.42. The third kappa shape index (κ3) is 2.68. The van der Waals surface area contributed by atoms with E-state index in [2.05, 4.69) is 22.4 Å². The molecular weight excluding hydrogens is 208 g/mol. The Morgan fingerprint density at radius 2 is 2.06 bits per heavy atom. The molecule has 2 bridgehead atoms. The van der Waals surface area contributed by atoms with Crippen LogP contribution in [0.1, 0.15) is 31.2 Å². The highest BCUT2D eigenvalue weighted by Gasteiger charge is 2.38. The first-order valence-corrected chi connectivity index (χ1v) is 7.01. The van der Waals surface area contributed by atoms with Crippen LogP contribution in [0, 0.1) is 17.8 Å². The standard InChI is InChI=1S/C15H22N2/c1-2-14-9-13(1)10-15(14)11-17-8-5-12-3-6-16-7-4-12/h3-4,6-7,13-15,17H,1-2,5,8-11H2. The van der Waals surface area contributed by atoms with E-state index in [1.165, 1.54) is 37.8 Å². The fourth-order valence-corrected chi connectivity index (χ4v) is 3.70. The Kier molecular flexibility index (Phi) is 3.41. The summed E-state index contributed by atoms with van der Waals surface area (Å²) >= 11 is 0. The lowest BCUT2D eigenvalue weighted by atomic mass is 9.89. The van der Waals surface area contributed by atoms with E-state index < -0.39 is 0 Å². The van der Waals surface area contributed by atoms with Crippen molar-refractivity contribution in [3.05, 3.63) is 30.1 Å². The zero-order valence-corrected chi connectivity index (χ0v) is 10.4. The van der Waals surface area contributed by atoms with Gasteiger partial charge in [0.25, 0.3) is 0 Å². The molecule has 92 valence electrons. The fraction of sp³-hybridized carbons (Fsp3) is 0.667. The molecule has 2 nitrogen and oxygen atoms in total. The average Bonchev–Trinajstić information content (AvgIpc) is 2.98. The maximum absolute atomic E-state index is 4.04. The molecule has 0 aliphatic heterocycles. The lowest BCUT2D eigenvalue weighted by Crippen LogP contribution is -2.28. The summed E-state index contributed by atoms with van der Waals surface area (Å²) in [6.07, 6.45) is 10.9. The van der Waals surface area contributed by atoms with Crippen molar-refractivity contribution in [2.24, 2.45) is 17.8 Å². The van der Waals surface area contributed by atoms with Crippen LogP contribution >= 0.6 is 0 Å². The predicted molar refractivity (Wildman–Crippen MR) is 69.7 cm³/mol. The molecule has 0 saturated heterocycles. The van der Waals surface area contributed by atoms with Gasteiger partial charge in [0.2, 0.25) is 0 Å². The first kappa shape index (κ1) is 11.2. The van der Waals surface area contributed by atoms with Gasteiger partial charge in [0, 0.05) is 12.4 Å². The number of aromatic nitrogens is 1. The highest BCUT2D eigenvalue weighted by Crippen LogP contribution is 2.47. The quantitative estimate of drug-likeness (QED) is 0.787. The minimum absolute atomic E-state index is 0.978. The zero-order valence-electron chi connectivity index (χ0n) is 10.4. The number of nitrogens with one attached hydrogen (secondary N) is 1. The van der Waals surface area contributed by atoms with Gasteiger partial charge in [0.1, 0.15) is 0 Å². The largest absolute Gasteiger partial charge is 0.316 e. The van der Waals surface area contributed by atoms with Crippen LogP contribution < -0.4 is 5.32 Å². The molecule has 3 unspecified atom stereocenters. The van der Waals surface area contributed by atoms with E-state index in [-0.39, 0.29) is 0 Å². The molecule has 2 aliphatic carbocycles. The van der Waals surface area contributed by atoms with E-state index in [0.29, 0.717) is 0 Å². The molecule has 17 heavy (non-hydrogen) atoms. The van der Waals surface area contributed by atoms with Crippen LogP contribution in [-0.2, 0) is 6.42 Å². The summed E-state index contributed by atoms with van der Waals surface area (Å²) < 4.78 is 0. The third-order valence-electron chi connectivity index (χ3n) is 4.63. The maximum Gasteiger partial charge on any atom is 0.0270 e. The van der Waals surface area contributed by atoms with Crippen molar-refractivity contribution in [3.63, 3.8) is 0 Å². The normalized spacial score (nSPS) is 30.9. The van der Waals surface area contributed by atoms with Crippen molar-refractivity contribution >= 4 is 0 Å². The van der Waals surface area contributed by atoms with E-state index in [1.807, 2.05) is 12.4 Å². The molecule has 0 spiro atoms. The molecule has 3 rings (SSSR count). The Labute approximate surface area is 104 Å².